The summed E-state index contributed by atoms with van der Waals surface area (Å²) in [6.07, 6.45) is 5.32. The fourth-order valence-corrected chi connectivity index (χ4v) is 8.44. The van der Waals surface area contributed by atoms with Gasteiger partial charge in [0.15, 0.2) is 0 Å². The van der Waals surface area contributed by atoms with E-state index in [4.69, 9.17) is 10.8 Å². The average molecular weight is 792 g/mol. The number of rotatable bonds is 18. The minimum Gasteiger partial charge on any atom is -0.387 e. The molecule has 0 saturated heterocycles. The molecule has 1 aromatic heterocycles. The molecule has 57 heavy (non-hydrogen) atoms. The zero-order valence-electron chi connectivity index (χ0n) is 33.8. The van der Waals surface area contributed by atoms with E-state index in [0.717, 1.165) is 30.2 Å². The summed E-state index contributed by atoms with van der Waals surface area (Å²) in [7, 11) is 0. The molecule has 2 aliphatic carbocycles. The molecule has 2 aromatic carbocycles. The number of aromatic nitrogens is 2. The number of hydrogen-bond donors (Lipinski definition) is 5. The molecule has 0 spiro atoms. The number of nitrogens with one attached hydrogen (secondary N) is 3. The fraction of sp³-hybridized carbons (Fsp3) is 0.558. The topological polar surface area (TPSA) is 172 Å². The van der Waals surface area contributed by atoms with Gasteiger partial charge in [-0.1, -0.05) is 71.4 Å². The van der Waals surface area contributed by atoms with Gasteiger partial charge in [-0.25, -0.2) is 13.5 Å². The smallest absolute Gasteiger partial charge is 0.248 e. The lowest BCUT2D eigenvalue weighted by molar-refractivity contribution is -0.140. The number of aliphatic hydroxyl groups is 1. The van der Waals surface area contributed by atoms with Gasteiger partial charge in [0.05, 0.1) is 17.8 Å². The van der Waals surface area contributed by atoms with Gasteiger partial charge in [0, 0.05) is 62.3 Å². The van der Waals surface area contributed by atoms with E-state index in [9.17, 15) is 28.7 Å². The van der Waals surface area contributed by atoms with Crippen LogP contribution >= 0.6 is 0 Å². The van der Waals surface area contributed by atoms with Crippen molar-refractivity contribution in [1.29, 1.82) is 0 Å². The molecular formula is C43H59F2N7O5. The summed E-state index contributed by atoms with van der Waals surface area (Å²) in [4.78, 5) is 53.5. The van der Waals surface area contributed by atoms with Crippen molar-refractivity contribution in [2.45, 2.75) is 97.7 Å². The van der Waals surface area contributed by atoms with Gasteiger partial charge in [-0.3, -0.25) is 19.2 Å². The van der Waals surface area contributed by atoms with Gasteiger partial charge < -0.3 is 31.7 Å². The van der Waals surface area contributed by atoms with Crippen LogP contribution in [-0.4, -0.2) is 81.7 Å². The van der Waals surface area contributed by atoms with Crippen molar-refractivity contribution in [3.63, 3.8) is 0 Å². The number of carbonyl (C=O) groups excluding carboxylic acids is 4. The maximum absolute atomic E-state index is 15.0. The molecule has 2 fully saturated rings. The van der Waals surface area contributed by atoms with E-state index in [-0.39, 0.29) is 42.4 Å². The number of amides is 4. The van der Waals surface area contributed by atoms with Crippen molar-refractivity contribution in [2.24, 2.45) is 34.8 Å². The molecule has 4 amide bonds. The molecule has 5 rings (SSSR count). The highest BCUT2D eigenvalue weighted by Gasteiger charge is 2.45. The number of benzene rings is 2. The minimum absolute atomic E-state index is 0.00696. The third-order valence-electron chi connectivity index (χ3n) is 11.6. The molecule has 6 N–H and O–H groups in total. The number of carbonyl (C=O) groups is 4. The predicted octanol–water partition coefficient (Wildman–Crippen LogP) is 4.57. The first-order valence-electron chi connectivity index (χ1n) is 20.2. The molecule has 2 saturated carbocycles. The zero-order valence-corrected chi connectivity index (χ0v) is 33.8. The standard InChI is InChI=1S/C43H59F2N7O5/c1-6-32-26(2)33(32)23-37(54)47-17-18-48-41(56)28-12-14-31(21-28)49-42(57)35(46)16-19-51(38(55)25-53)40(43(3,4)5)39-29(20-27-10-8-7-9-11-27)24-52(50-39)36-22-30(44)13-15-34(36)45/h7-11,13,15,22,24,26,28,31-33,35,40,53H,6,12,14,16-21,23,25,46H2,1-5H3,(H,47,54)(H,48,56)(H,49,57)/t26?,28-,31-,32?,33?,35+,40+/m1/s1. The Hall–Kier alpha value is -4.69. The third-order valence-corrected chi connectivity index (χ3v) is 11.6. The van der Waals surface area contributed by atoms with E-state index in [1.807, 2.05) is 51.1 Å². The highest BCUT2D eigenvalue weighted by molar-refractivity contribution is 5.83. The first-order chi connectivity index (χ1) is 27.1. The molecule has 310 valence electrons. The van der Waals surface area contributed by atoms with E-state index in [0.29, 0.717) is 74.2 Å². The summed E-state index contributed by atoms with van der Waals surface area (Å²) in [5, 5.41) is 23.7. The highest BCUT2D eigenvalue weighted by Crippen LogP contribution is 2.50. The van der Waals surface area contributed by atoms with Crippen molar-refractivity contribution in [3.05, 3.63) is 83.2 Å². The molecule has 0 radical (unpaired) electrons. The van der Waals surface area contributed by atoms with Gasteiger partial charge in [0.2, 0.25) is 23.6 Å². The molecule has 7 atom stereocenters. The summed E-state index contributed by atoms with van der Waals surface area (Å²) >= 11 is 0. The van der Waals surface area contributed by atoms with Crippen LogP contribution < -0.4 is 21.7 Å². The molecule has 0 aliphatic heterocycles. The first kappa shape index (κ1) is 43.4. The van der Waals surface area contributed by atoms with Crippen molar-refractivity contribution < 1.29 is 33.1 Å². The van der Waals surface area contributed by atoms with E-state index in [2.05, 4.69) is 29.8 Å². The van der Waals surface area contributed by atoms with Crippen molar-refractivity contribution >= 4 is 23.6 Å². The second-order valence-corrected chi connectivity index (χ2v) is 16.8. The van der Waals surface area contributed by atoms with Gasteiger partial charge in [0.25, 0.3) is 0 Å². The quantitative estimate of drug-likeness (QED) is 0.118. The van der Waals surface area contributed by atoms with Gasteiger partial charge >= 0.3 is 0 Å². The Balaban J connectivity index is 1.21. The minimum atomic E-state index is -1.01. The third kappa shape index (κ3) is 11.2. The van der Waals surface area contributed by atoms with Gasteiger partial charge in [-0.15, -0.1) is 0 Å². The Morgan fingerprint density at radius 1 is 1.04 bits per heavy atom. The molecule has 3 aromatic rings. The first-order valence-corrected chi connectivity index (χ1v) is 20.2. The number of aliphatic hydroxyl groups excluding tert-OH is 1. The predicted molar refractivity (Wildman–Crippen MR) is 213 cm³/mol. The summed E-state index contributed by atoms with van der Waals surface area (Å²) in [5.41, 5.74) is 7.67. The summed E-state index contributed by atoms with van der Waals surface area (Å²) in [5.74, 6) is -1.07. The fourth-order valence-electron chi connectivity index (χ4n) is 8.44. The molecule has 14 heteroatoms. The maximum Gasteiger partial charge on any atom is 0.248 e. The van der Waals surface area contributed by atoms with Crippen LogP contribution in [0.5, 0.6) is 0 Å². The summed E-state index contributed by atoms with van der Waals surface area (Å²) in [6, 6.07) is 10.6. The van der Waals surface area contributed by atoms with Crippen LogP contribution in [0.1, 0.15) is 96.0 Å². The van der Waals surface area contributed by atoms with Crippen LogP contribution in [0.25, 0.3) is 5.69 Å². The number of nitrogens with two attached hydrogens (primary N) is 1. The molecule has 1 heterocycles. The lowest BCUT2D eigenvalue weighted by atomic mass is 9.81. The number of halogens is 2. The normalized spacial score (nSPS) is 21.4. The molecule has 3 unspecified atom stereocenters. The molecular weight excluding hydrogens is 733 g/mol. The molecule has 12 nitrogen and oxygen atoms in total. The molecule has 0 bridgehead atoms. The second-order valence-electron chi connectivity index (χ2n) is 16.8. The zero-order chi connectivity index (χ0) is 41.4. The lowest BCUT2D eigenvalue weighted by Gasteiger charge is -2.40. The van der Waals surface area contributed by atoms with Crippen LogP contribution in [0.4, 0.5) is 8.78 Å². The van der Waals surface area contributed by atoms with Gasteiger partial charge in [0.1, 0.15) is 23.9 Å². The average Bonchev–Trinajstić information content (AvgIpc) is 3.46. The summed E-state index contributed by atoms with van der Waals surface area (Å²) in [6.45, 7) is 9.94. The SMILES string of the molecule is CCC1C(C)C1CC(=O)NCCNC(=O)[C@@H]1CC[C@@H](NC(=O)[C@@H](N)CCN(C(=O)CO)[C@@H](c2nn(-c3cc(F)ccc3F)cc2Cc2ccccc2)C(C)(C)C)C1. The van der Waals surface area contributed by atoms with E-state index < -0.39 is 47.6 Å². The molecule has 2 aliphatic rings. The van der Waals surface area contributed by atoms with E-state index in [1.54, 1.807) is 6.20 Å². The monoisotopic (exact) mass is 791 g/mol. The van der Waals surface area contributed by atoms with E-state index >= 15 is 4.39 Å². The Morgan fingerprint density at radius 3 is 2.42 bits per heavy atom. The van der Waals surface area contributed by atoms with Gasteiger partial charge in [-0.05, 0) is 66.5 Å². The van der Waals surface area contributed by atoms with Crippen molar-refractivity contribution in [2.75, 3.05) is 26.2 Å². The van der Waals surface area contributed by atoms with Crippen LogP contribution in [-0.2, 0) is 25.6 Å². The Bertz CT molecular complexity index is 1870. The lowest BCUT2D eigenvalue weighted by Crippen LogP contribution is -2.49. The van der Waals surface area contributed by atoms with Crippen LogP contribution in [0.15, 0.2) is 54.7 Å². The van der Waals surface area contributed by atoms with Crippen LogP contribution in [0.3, 0.4) is 0 Å². The van der Waals surface area contributed by atoms with Gasteiger partial charge in [-0.2, -0.15) is 5.10 Å². The Kier molecular flexibility index (Phi) is 14.6. The van der Waals surface area contributed by atoms with Crippen LogP contribution in [0, 0.1) is 40.7 Å². The summed E-state index contributed by atoms with van der Waals surface area (Å²) < 4.78 is 30.6. The van der Waals surface area contributed by atoms with Crippen LogP contribution in [0.2, 0.25) is 0 Å². The van der Waals surface area contributed by atoms with Crippen molar-refractivity contribution in [3.8, 4) is 5.69 Å². The highest BCUT2D eigenvalue weighted by atomic mass is 19.1. The van der Waals surface area contributed by atoms with Crippen molar-refractivity contribution in [1.82, 2.24) is 30.6 Å². The Labute approximate surface area is 334 Å². The Morgan fingerprint density at radius 2 is 1.75 bits per heavy atom. The largest absolute Gasteiger partial charge is 0.387 e. The maximum atomic E-state index is 15.0. The van der Waals surface area contributed by atoms with E-state index in [1.165, 1.54) is 9.58 Å². The number of hydrogen-bond acceptors (Lipinski definition) is 7. The number of nitrogens with zero attached hydrogens (tertiary/aromatic N) is 3. The second kappa shape index (κ2) is 19.2.